The van der Waals surface area contributed by atoms with Crippen LogP contribution in [0.2, 0.25) is 10.0 Å². The van der Waals surface area contributed by atoms with Gasteiger partial charge in [0.05, 0.1) is 15.0 Å². The van der Waals surface area contributed by atoms with Crippen molar-refractivity contribution in [2.75, 3.05) is 6.54 Å². The highest BCUT2D eigenvalue weighted by Gasteiger charge is 2.34. The molecule has 0 aromatic heterocycles. The van der Waals surface area contributed by atoms with Crippen LogP contribution in [0.15, 0.2) is 54.0 Å². The number of rotatable bonds is 6. The Morgan fingerprint density at radius 2 is 1.79 bits per heavy atom. The van der Waals surface area contributed by atoms with Gasteiger partial charge in [-0.25, -0.2) is 0 Å². The zero-order valence-corrected chi connectivity index (χ0v) is 17.4. The van der Waals surface area contributed by atoms with Crippen LogP contribution in [0.3, 0.4) is 0 Å². The van der Waals surface area contributed by atoms with Gasteiger partial charge in [-0.3, -0.25) is 14.5 Å². The number of carbonyl (C=O) groups excluding carboxylic acids is 2. The van der Waals surface area contributed by atoms with Crippen molar-refractivity contribution in [1.82, 2.24) is 4.90 Å². The van der Waals surface area contributed by atoms with Gasteiger partial charge in [0, 0.05) is 6.54 Å². The maximum absolute atomic E-state index is 12.3. The first kappa shape index (κ1) is 20.5. The number of benzene rings is 2. The average Bonchev–Trinajstić information content (AvgIpc) is 2.90. The maximum Gasteiger partial charge on any atom is 0.293 e. The Kier molecular flexibility index (Phi) is 6.50. The molecule has 0 radical (unpaired) electrons. The van der Waals surface area contributed by atoms with E-state index in [1.54, 1.807) is 18.2 Å². The number of ether oxygens (including phenoxy) is 1. The Morgan fingerprint density at radius 3 is 2.39 bits per heavy atom. The quantitative estimate of drug-likeness (QED) is 0.407. The highest BCUT2D eigenvalue weighted by molar-refractivity contribution is 8.18. The Balaban J connectivity index is 1.78. The molecule has 1 saturated heterocycles. The van der Waals surface area contributed by atoms with E-state index in [0.29, 0.717) is 32.9 Å². The van der Waals surface area contributed by atoms with E-state index in [2.05, 4.69) is 6.58 Å². The monoisotopic (exact) mass is 433 g/mol. The van der Waals surface area contributed by atoms with Crippen LogP contribution in [0.1, 0.15) is 16.7 Å². The summed E-state index contributed by atoms with van der Waals surface area (Å²) in [4.78, 5) is 25.7. The van der Waals surface area contributed by atoms with Crippen molar-refractivity contribution in [3.8, 4) is 5.75 Å². The molecular formula is C21H17Cl2NO3S. The molecule has 0 saturated carbocycles. The highest BCUT2D eigenvalue weighted by Crippen LogP contribution is 2.37. The molecule has 1 aliphatic heterocycles. The van der Waals surface area contributed by atoms with Gasteiger partial charge in [-0.15, -0.1) is 6.58 Å². The van der Waals surface area contributed by atoms with Crippen LogP contribution in [-0.2, 0) is 11.4 Å². The molecule has 3 rings (SSSR count). The third kappa shape index (κ3) is 4.61. The molecule has 2 amide bonds. The summed E-state index contributed by atoms with van der Waals surface area (Å²) in [5, 5.41) is 0.332. The second kappa shape index (κ2) is 8.86. The molecule has 0 aliphatic carbocycles. The molecule has 0 N–H and O–H groups in total. The van der Waals surface area contributed by atoms with Crippen LogP contribution in [0.25, 0.3) is 6.08 Å². The van der Waals surface area contributed by atoms with Gasteiger partial charge in [0.2, 0.25) is 0 Å². The summed E-state index contributed by atoms with van der Waals surface area (Å²) in [6, 6.07) is 11.3. The molecule has 28 heavy (non-hydrogen) atoms. The molecule has 0 atom stereocenters. The largest absolute Gasteiger partial charge is 0.486 e. The second-order valence-electron chi connectivity index (χ2n) is 6.17. The molecule has 1 fully saturated rings. The van der Waals surface area contributed by atoms with Crippen LogP contribution in [0, 0.1) is 6.92 Å². The Morgan fingerprint density at radius 1 is 1.14 bits per heavy atom. The number of carbonyl (C=O) groups is 2. The number of halogens is 2. The van der Waals surface area contributed by atoms with E-state index in [0.717, 1.165) is 22.2 Å². The van der Waals surface area contributed by atoms with Crippen molar-refractivity contribution < 1.29 is 14.3 Å². The minimum Gasteiger partial charge on any atom is -0.486 e. The summed E-state index contributed by atoms with van der Waals surface area (Å²) in [5.41, 5.74) is 2.78. The third-order valence-electron chi connectivity index (χ3n) is 4.01. The summed E-state index contributed by atoms with van der Waals surface area (Å²) in [6.45, 7) is 6.08. The molecule has 1 heterocycles. The van der Waals surface area contributed by atoms with E-state index < -0.39 is 0 Å². The van der Waals surface area contributed by atoms with Gasteiger partial charge < -0.3 is 4.74 Å². The van der Waals surface area contributed by atoms with Crippen LogP contribution < -0.4 is 4.74 Å². The Bertz CT molecular complexity index is 947. The molecule has 0 bridgehead atoms. The van der Waals surface area contributed by atoms with Gasteiger partial charge in [0.1, 0.15) is 6.61 Å². The average molecular weight is 434 g/mol. The lowest BCUT2D eigenvalue weighted by molar-refractivity contribution is -0.122. The Labute approximate surface area is 177 Å². The lowest BCUT2D eigenvalue weighted by Crippen LogP contribution is -2.27. The van der Waals surface area contributed by atoms with Crippen molar-refractivity contribution in [3.63, 3.8) is 0 Å². The highest BCUT2D eigenvalue weighted by atomic mass is 35.5. The third-order valence-corrected chi connectivity index (χ3v) is 5.48. The topological polar surface area (TPSA) is 46.6 Å². The lowest BCUT2D eigenvalue weighted by Gasteiger charge is -2.11. The minimum absolute atomic E-state index is 0.176. The molecule has 0 spiro atoms. The predicted molar refractivity (Wildman–Crippen MR) is 115 cm³/mol. The van der Waals surface area contributed by atoms with Crippen LogP contribution >= 0.6 is 35.0 Å². The van der Waals surface area contributed by atoms with Gasteiger partial charge in [0.15, 0.2) is 5.75 Å². The van der Waals surface area contributed by atoms with Crippen LogP contribution in [-0.4, -0.2) is 22.6 Å². The normalized spacial score (nSPS) is 15.4. The fraction of sp³-hybridized carbons (Fsp3) is 0.143. The molecule has 1 aliphatic rings. The maximum atomic E-state index is 12.3. The first-order valence-electron chi connectivity index (χ1n) is 8.42. The van der Waals surface area contributed by atoms with E-state index in [-0.39, 0.29) is 17.7 Å². The number of nitrogens with zero attached hydrogens (tertiary/aromatic N) is 1. The molecule has 144 valence electrons. The number of aryl methyl sites for hydroxylation is 1. The number of amides is 2. The second-order valence-corrected chi connectivity index (χ2v) is 7.98. The summed E-state index contributed by atoms with van der Waals surface area (Å²) in [7, 11) is 0. The number of hydrogen-bond donors (Lipinski definition) is 0. The van der Waals surface area contributed by atoms with Crippen molar-refractivity contribution in [3.05, 3.63) is 80.7 Å². The van der Waals surface area contributed by atoms with Crippen molar-refractivity contribution in [2.24, 2.45) is 0 Å². The first-order valence-corrected chi connectivity index (χ1v) is 10.00. The summed E-state index contributed by atoms with van der Waals surface area (Å²) in [5.74, 6) is 0.0164. The molecule has 4 nitrogen and oxygen atoms in total. The number of imide groups is 1. The fourth-order valence-electron chi connectivity index (χ4n) is 2.58. The van der Waals surface area contributed by atoms with Gasteiger partial charge in [-0.05, 0) is 48.0 Å². The van der Waals surface area contributed by atoms with E-state index in [9.17, 15) is 9.59 Å². The zero-order chi connectivity index (χ0) is 20.3. The molecule has 0 unspecified atom stereocenters. The van der Waals surface area contributed by atoms with Crippen LogP contribution in [0.5, 0.6) is 5.75 Å². The summed E-state index contributed by atoms with van der Waals surface area (Å²) in [6.07, 6.45) is 3.10. The number of hydrogen-bond acceptors (Lipinski definition) is 4. The van der Waals surface area contributed by atoms with E-state index in [1.165, 1.54) is 11.6 Å². The van der Waals surface area contributed by atoms with E-state index in [1.807, 2.05) is 31.2 Å². The van der Waals surface area contributed by atoms with Crippen LogP contribution in [0.4, 0.5) is 4.79 Å². The fourth-order valence-corrected chi connectivity index (χ4v) is 4.04. The predicted octanol–water partition coefficient (Wildman–Crippen LogP) is 6.10. The zero-order valence-electron chi connectivity index (χ0n) is 15.1. The standard InChI is InChI=1S/C21H17Cl2NO3S/c1-3-8-24-20(25)18(28-21(24)26)11-15-9-16(22)19(17(23)10-15)27-12-14-6-4-13(2)5-7-14/h3-7,9-11H,1,8,12H2,2H3/b18-11+. The van der Waals surface area contributed by atoms with E-state index >= 15 is 0 Å². The van der Waals surface area contributed by atoms with Crippen molar-refractivity contribution >= 4 is 52.2 Å². The molecule has 2 aromatic carbocycles. The minimum atomic E-state index is -0.359. The summed E-state index contributed by atoms with van der Waals surface area (Å²) >= 11 is 13.5. The van der Waals surface area contributed by atoms with Gasteiger partial charge in [-0.1, -0.05) is 59.1 Å². The van der Waals surface area contributed by atoms with Crippen molar-refractivity contribution in [2.45, 2.75) is 13.5 Å². The number of thioether (sulfide) groups is 1. The van der Waals surface area contributed by atoms with Gasteiger partial charge in [0.25, 0.3) is 11.1 Å². The van der Waals surface area contributed by atoms with E-state index in [4.69, 9.17) is 27.9 Å². The molecule has 7 heteroatoms. The van der Waals surface area contributed by atoms with Gasteiger partial charge >= 0.3 is 0 Å². The van der Waals surface area contributed by atoms with Gasteiger partial charge in [-0.2, -0.15) is 0 Å². The Hall–Kier alpha value is -2.21. The SMILES string of the molecule is C=CCN1C(=O)S/C(=C/c2cc(Cl)c(OCc3ccc(C)cc3)c(Cl)c2)C1=O. The lowest BCUT2D eigenvalue weighted by atomic mass is 10.1. The molecular weight excluding hydrogens is 417 g/mol. The first-order chi connectivity index (χ1) is 13.4. The smallest absolute Gasteiger partial charge is 0.293 e. The summed E-state index contributed by atoms with van der Waals surface area (Å²) < 4.78 is 5.78. The molecule has 2 aromatic rings. The van der Waals surface area contributed by atoms with Crippen molar-refractivity contribution in [1.29, 1.82) is 0 Å².